The van der Waals surface area contributed by atoms with Gasteiger partial charge < -0.3 is 9.80 Å². The number of hydrogen-bond acceptors (Lipinski definition) is 2. The second kappa shape index (κ2) is 21.3. The molecule has 0 aromatic heterocycles. The lowest BCUT2D eigenvalue weighted by Gasteiger charge is -2.32. The molecular formula is C86H58N2. The zero-order valence-corrected chi connectivity index (χ0v) is 48.4. The van der Waals surface area contributed by atoms with E-state index >= 15 is 0 Å². The first-order valence-electron chi connectivity index (χ1n) is 30.7. The van der Waals surface area contributed by atoms with E-state index in [-0.39, 0.29) is 12.0 Å². The molecule has 0 amide bonds. The fraction of sp³-hybridized carbons (Fsp3) is 0.0233. The summed E-state index contributed by atoms with van der Waals surface area (Å²) in [5.74, 6) is 0.0862. The van der Waals surface area contributed by atoms with Crippen molar-refractivity contribution < 1.29 is 0 Å². The average molecular weight is 1120 g/mol. The van der Waals surface area contributed by atoms with E-state index in [1.165, 1.54) is 132 Å². The van der Waals surface area contributed by atoms with Crippen LogP contribution in [0.2, 0.25) is 0 Å². The fourth-order valence-corrected chi connectivity index (χ4v) is 14.8. The van der Waals surface area contributed by atoms with Gasteiger partial charge in [0.2, 0.25) is 0 Å². The van der Waals surface area contributed by atoms with Gasteiger partial charge in [0.05, 0.1) is 11.7 Å². The molecule has 1 aliphatic heterocycles. The number of fused-ring (bicyclic) bond motifs is 8. The standard InChI is InChI=1S/C86H58N2/c1-4-25-57(26-5-1)65-33-12-14-36-68(65)60-47-53-81-79(55-60)80-56-61(69-37-15-13-34-66(69)58-27-6-2-7-28-58)48-54-82(80)88(81)64-51-49-63(50-52-64)87(62-31-8-3-9-32-62)86-77-44-22-20-42-75(77)85(76-43-21-23-45-78(76)86)84-73-40-18-16-38-71(73)83(72-39-17-19-41-74(72)84)70-46-24-30-59-29-10-11-35-67(59)70/h1-56,79,81H. The highest BCUT2D eigenvalue weighted by Crippen LogP contribution is 2.55. The van der Waals surface area contributed by atoms with Gasteiger partial charge in [-0.3, -0.25) is 0 Å². The van der Waals surface area contributed by atoms with Crippen molar-refractivity contribution in [3.63, 3.8) is 0 Å². The Morgan fingerprint density at radius 1 is 0.295 bits per heavy atom. The first-order valence-corrected chi connectivity index (χ1v) is 30.7. The van der Waals surface area contributed by atoms with E-state index in [4.69, 9.17) is 0 Å². The molecule has 0 saturated heterocycles. The molecule has 15 aromatic carbocycles. The molecule has 2 atom stereocenters. The fourth-order valence-electron chi connectivity index (χ4n) is 14.8. The van der Waals surface area contributed by atoms with Gasteiger partial charge in [-0.05, 0) is 164 Å². The van der Waals surface area contributed by atoms with Crippen molar-refractivity contribution in [2.24, 2.45) is 0 Å². The van der Waals surface area contributed by atoms with Gasteiger partial charge in [-0.2, -0.15) is 0 Å². The molecule has 88 heavy (non-hydrogen) atoms. The molecule has 1 heterocycles. The summed E-state index contributed by atoms with van der Waals surface area (Å²) in [6.07, 6.45) is 7.35. The van der Waals surface area contributed by atoms with Crippen LogP contribution in [-0.2, 0) is 0 Å². The molecule has 0 fully saturated rings. The van der Waals surface area contributed by atoms with E-state index in [1.807, 2.05) is 0 Å². The Labute approximate surface area is 513 Å². The monoisotopic (exact) mass is 1120 g/mol. The SMILES string of the molecule is C1=CC2C(C=C1c1ccccc1-c1ccccc1)c1cc(-c3ccccc3-c3ccccc3)ccc1N2c1ccc(N(c2ccccc2)c2c3ccccc3c(-c3c4ccccc4c(-c4cccc5ccccc45)c4ccccc34)c3ccccc23)cc1. The van der Waals surface area contributed by atoms with Crippen LogP contribution in [0, 0.1) is 0 Å². The molecule has 0 N–H and O–H groups in total. The normalized spacial score (nSPS) is 14.4. The van der Waals surface area contributed by atoms with Crippen molar-refractivity contribution in [2.45, 2.75) is 12.0 Å². The topological polar surface area (TPSA) is 6.48 Å². The molecule has 17 rings (SSSR count). The van der Waals surface area contributed by atoms with Crippen molar-refractivity contribution in [3.05, 3.63) is 351 Å². The summed E-state index contributed by atoms with van der Waals surface area (Å²) >= 11 is 0. The van der Waals surface area contributed by atoms with E-state index in [9.17, 15) is 0 Å². The Balaban J connectivity index is 0.829. The number of hydrogen-bond donors (Lipinski definition) is 0. The van der Waals surface area contributed by atoms with Crippen LogP contribution in [-0.4, -0.2) is 6.04 Å². The predicted molar refractivity (Wildman–Crippen MR) is 375 cm³/mol. The molecule has 15 aromatic rings. The van der Waals surface area contributed by atoms with Crippen molar-refractivity contribution in [3.8, 4) is 55.6 Å². The second-order valence-electron chi connectivity index (χ2n) is 23.3. The zero-order valence-electron chi connectivity index (χ0n) is 48.4. The molecule has 412 valence electrons. The van der Waals surface area contributed by atoms with Crippen LogP contribution in [0.15, 0.2) is 340 Å². The minimum absolute atomic E-state index is 0.0482. The third-order valence-corrected chi connectivity index (χ3v) is 18.6. The molecule has 2 heteroatoms. The lowest BCUT2D eigenvalue weighted by atomic mass is 9.82. The summed E-state index contributed by atoms with van der Waals surface area (Å²) in [7, 11) is 0. The number of benzene rings is 15. The Hall–Kier alpha value is -11.3. The van der Waals surface area contributed by atoms with E-state index in [1.54, 1.807) is 0 Å². The number of para-hydroxylation sites is 1. The van der Waals surface area contributed by atoms with Gasteiger partial charge in [0, 0.05) is 39.4 Å². The van der Waals surface area contributed by atoms with E-state index < -0.39 is 0 Å². The number of anilines is 5. The number of rotatable bonds is 10. The minimum atomic E-state index is 0.0482. The van der Waals surface area contributed by atoms with Crippen molar-refractivity contribution in [2.75, 3.05) is 9.80 Å². The largest absolute Gasteiger partial charge is 0.333 e. The lowest BCUT2D eigenvalue weighted by molar-refractivity contribution is 0.747. The van der Waals surface area contributed by atoms with Gasteiger partial charge >= 0.3 is 0 Å². The van der Waals surface area contributed by atoms with Crippen molar-refractivity contribution >= 4 is 87.9 Å². The first-order chi connectivity index (χ1) is 43.7. The highest BCUT2D eigenvalue weighted by atomic mass is 15.2. The molecule has 2 unspecified atom stereocenters. The van der Waals surface area contributed by atoms with Gasteiger partial charge in [0.25, 0.3) is 0 Å². The van der Waals surface area contributed by atoms with Crippen LogP contribution in [0.3, 0.4) is 0 Å². The zero-order chi connectivity index (χ0) is 58.1. The highest BCUT2D eigenvalue weighted by molar-refractivity contribution is 6.31. The van der Waals surface area contributed by atoms with Gasteiger partial charge in [-0.1, -0.05) is 291 Å². The molecule has 0 saturated carbocycles. The van der Waals surface area contributed by atoms with Crippen molar-refractivity contribution in [1.29, 1.82) is 0 Å². The summed E-state index contributed by atoms with van der Waals surface area (Å²) in [4.78, 5) is 5.07. The van der Waals surface area contributed by atoms with Crippen LogP contribution < -0.4 is 9.80 Å². The lowest BCUT2D eigenvalue weighted by Crippen LogP contribution is -2.29. The molecule has 0 radical (unpaired) electrons. The third kappa shape index (κ3) is 8.40. The van der Waals surface area contributed by atoms with Gasteiger partial charge in [-0.25, -0.2) is 0 Å². The Morgan fingerprint density at radius 2 is 0.716 bits per heavy atom. The number of allylic oxidation sites excluding steroid dienone is 2. The van der Waals surface area contributed by atoms with Crippen LogP contribution >= 0.6 is 0 Å². The van der Waals surface area contributed by atoms with Crippen molar-refractivity contribution in [1.82, 2.24) is 0 Å². The third-order valence-electron chi connectivity index (χ3n) is 18.6. The smallest absolute Gasteiger partial charge is 0.0630 e. The summed E-state index contributed by atoms with van der Waals surface area (Å²) in [6, 6.07) is 119. The maximum Gasteiger partial charge on any atom is 0.0630 e. The van der Waals surface area contributed by atoms with E-state index in [0.29, 0.717) is 0 Å². The summed E-state index contributed by atoms with van der Waals surface area (Å²) in [6.45, 7) is 0. The van der Waals surface area contributed by atoms with Gasteiger partial charge in [0.15, 0.2) is 0 Å². The maximum absolute atomic E-state index is 2.58. The van der Waals surface area contributed by atoms with Gasteiger partial charge in [-0.15, -0.1) is 0 Å². The molecular weight excluding hydrogens is 1060 g/mol. The van der Waals surface area contributed by atoms with Crippen LogP contribution in [0.1, 0.15) is 17.0 Å². The minimum Gasteiger partial charge on any atom is -0.333 e. The highest BCUT2D eigenvalue weighted by Gasteiger charge is 2.39. The average Bonchev–Trinajstić information content (AvgIpc) is 1.09. The Bertz CT molecular complexity index is 5150. The molecule has 0 spiro atoms. The summed E-state index contributed by atoms with van der Waals surface area (Å²) in [5.41, 5.74) is 21.8. The van der Waals surface area contributed by atoms with Crippen LogP contribution in [0.4, 0.5) is 28.4 Å². The molecule has 2 aliphatic rings. The second-order valence-corrected chi connectivity index (χ2v) is 23.3. The first kappa shape index (κ1) is 51.1. The number of nitrogens with zero attached hydrogens (tertiary/aromatic N) is 2. The van der Waals surface area contributed by atoms with Crippen LogP contribution in [0.25, 0.3) is 115 Å². The van der Waals surface area contributed by atoms with E-state index in [2.05, 4.69) is 350 Å². The Morgan fingerprint density at radius 3 is 1.30 bits per heavy atom. The molecule has 0 bridgehead atoms. The van der Waals surface area contributed by atoms with E-state index in [0.717, 1.165) is 22.7 Å². The molecule has 2 nitrogen and oxygen atoms in total. The summed E-state index contributed by atoms with van der Waals surface area (Å²) < 4.78 is 0. The summed E-state index contributed by atoms with van der Waals surface area (Å²) in [5, 5.41) is 12.2. The quantitative estimate of drug-likeness (QED) is 0.126. The van der Waals surface area contributed by atoms with Gasteiger partial charge in [0.1, 0.15) is 0 Å². The predicted octanol–water partition coefficient (Wildman–Crippen LogP) is 23.5. The van der Waals surface area contributed by atoms with Crippen LogP contribution in [0.5, 0.6) is 0 Å². The molecule has 1 aliphatic carbocycles. The maximum atomic E-state index is 2.58. The Kier molecular flexibility index (Phi) is 12.4.